The monoisotopic (exact) mass is 300 g/mol. The summed E-state index contributed by atoms with van der Waals surface area (Å²) >= 11 is 21.6. The predicted molar refractivity (Wildman–Crippen MR) is 63.8 cm³/mol. The molecule has 0 aliphatic rings. The second-order valence-corrected chi connectivity index (χ2v) is 8.27. The summed E-state index contributed by atoms with van der Waals surface area (Å²) in [6.07, 6.45) is 0. The first-order valence-corrected chi connectivity index (χ1v) is 7.75. The Hall–Kier alpha value is 1.40. The maximum absolute atomic E-state index is 9.67. The van der Waals surface area contributed by atoms with Crippen LogP contribution in [0.15, 0.2) is 0 Å². The number of hydrogen-bond donors (Lipinski definition) is 1. The van der Waals surface area contributed by atoms with Gasteiger partial charge in [-0.1, -0.05) is 34.8 Å². The normalized spacial score (nSPS) is 15.6. The lowest BCUT2D eigenvalue weighted by atomic mass is 10.8. The van der Waals surface area contributed by atoms with Crippen LogP contribution in [-0.4, -0.2) is 28.0 Å². The summed E-state index contributed by atoms with van der Waals surface area (Å²) in [6, 6.07) is 0. The highest BCUT2D eigenvalue weighted by atomic mass is 35.6. The average molecular weight is 302 g/mol. The molecule has 1 atom stereocenters. The fourth-order valence-corrected chi connectivity index (χ4v) is 4.94. The van der Waals surface area contributed by atoms with Crippen LogP contribution in [0, 0.1) is 0 Å². The van der Waals surface area contributed by atoms with Gasteiger partial charge in [0.05, 0.1) is 13.2 Å². The maximum Gasteiger partial charge on any atom is 0.225 e. The zero-order chi connectivity index (χ0) is 11.4. The molecular weight excluding hydrogens is 289 g/mol. The Labute approximate surface area is 104 Å². The van der Waals surface area contributed by atoms with E-state index in [9.17, 15) is 5.11 Å². The van der Waals surface area contributed by atoms with E-state index < -0.39 is 16.1 Å². The van der Waals surface area contributed by atoms with E-state index in [1.165, 1.54) is 0 Å². The van der Waals surface area contributed by atoms with Crippen molar-refractivity contribution in [2.75, 3.05) is 13.2 Å². The quantitative estimate of drug-likeness (QED) is 0.626. The highest BCUT2D eigenvalue weighted by Gasteiger charge is 2.43. The Kier molecular flexibility index (Phi) is 6.83. The lowest BCUT2D eigenvalue weighted by Gasteiger charge is -2.30. The summed E-state index contributed by atoms with van der Waals surface area (Å²) in [6.45, 7) is 1.12. The lowest BCUT2D eigenvalue weighted by Crippen LogP contribution is -2.27. The Balaban J connectivity index is 4.73. The van der Waals surface area contributed by atoms with Gasteiger partial charge in [-0.25, -0.2) is 0 Å². The van der Waals surface area contributed by atoms with Crippen molar-refractivity contribution in [3.05, 3.63) is 0 Å². The molecule has 0 heterocycles. The topological polar surface area (TPSA) is 38.7 Å². The van der Waals surface area contributed by atoms with Crippen molar-refractivity contribution in [3.8, 4) is 0 Å². The second kappa shape index (κ2) is 6.21. The molecule has 0 aromatic rings. The molecule has 14 heavy (non-hydrogen) atoms. The molecule has 0 fully saturated rings. The molecule has 0 saturated heterocycles. The van der Waals surface area contributed by atoms with Crippen LogP contribution in [0.25, 0.3) is 0 Å². The molecule has 8 heteroatoms. The van der Waals surface area contributed by atoms with E-state index in [1.54, 1.807) is 13.8 Å². The van der Waals surface area contributed by atoms with Gasteiger partial charge in [-0.2, -0.15) is 0 Å². The van der Waals surface area contributed by atoms with Crippen LogP contribution < -0.4 is 0 Å². The van der Waals surface area contributed by atoms with Crippen molar-refractivity contribution in [1.29, 1.82) is 0 Å². The van der Waals surface area contributed by atoms with E-state index in [0.717, 1.165) is 0 Å². The van der Waals surface area contributed by atoms with Crippen LogP contribution in [0.2, 0.25) is 0 Å². The van der Waals surface area contributed by atoms with Crippen molar-refractivity contribution < 1.29 is 14.2 Å². The molecule has 0 aliphatic heterocycles. The molecule has 0 aromatic carbocycles. The molecule has 0 saturated carbocycles. The third-order valence-electron chi connectivity index (χ3n) is 1.21. The summed E-state index contributed by atoms with van der Waals surface area (Å²) in [4.78, 5) is 0. The third kappa shape index (κ3) is 4.50. The summed E-state index contributed by atoms with van der Waals surface area (Å²) in [5.41, 5.74) is 0. The van der Waals surface area contributed by atoms with Crippen molar-refractivity contribution >= 4 is 53.1 Å². The van der Waals surface area contributed by atoms with E-state index in [2.05, 4.69) is 0 Å². The van der Waals surface area contributed by atoms with E-state index >= 15 is 0 Å². The Morgan fingerprint density at radius 3 is 1.86 bits per heavy atom. The van der Waals surface area contributed by atoms with Crippen LogP contribution in [0.1, 0.15) is 13.8 Å². The molecule has 0 bridgehead atoms. The first-order valence-electron chi connectivity index (χ1n) is 3.91. The van der Waals surface area contributed by atoms with Gasteiger partial charge in [-0.15, -0.1) is 0 Å². The molecule has 0 aliphatic carbocycles. The third-order valence-corrected chi connectivity index (χ3v) is 5.74. The first-order chi connectivity index (χ1) is 6.28. The van der Waals surface area contributed by atoms with Gasteiger partial charge in [0, 0.05) is 0 Å². The number of hydrogen-bond acceptors (Lipinski definition) is 4. The summed E-state index contributed by atoms with van der Waals surface area (Å²) < 4.78 is 8.43. The SMILES string of the molecule is CCOP(=S)(OCC)C(O)C(Cl)(Cl)Cl. The molecule has 1 unspecified atom stereocenters. The van der Waals surface area contributed by atoms with Crippen molar-refractivity contribution in [1.82, 2.24) is 0 Å². The first kappa shape index (κ1) is 15.4. The minimum absolute atomic E-state index is 0.301. The van der Waals surface area contributed by atoms with Crippen LogP contribution >= 0.6 is 41.3 Å². The van der Waals surface area contributed by atoms with Gasteiger partial charge in [0.2, 0.25) is 10.3 Å². The molecular formula is C6H12Cl3O3PS. The van der Waals surface area contributed by atoms with Crippen molar-refractivity contribution in [3.63, 3.8) is 0 Å². The van der Waals surface area contributed by atoms with Gasteiger partial charge in [-0.05, 0) is 25.7 Å². The van der Waals surface area contributed by atoms with E-state index in [4.69, 9.17) is 55.7 Å². The highest BCUT2D eigenvalue weighted by Crippen LogP contribution is 2.59. The number of aliphatic hydroxyl groups is 1. The van der Waals surface area contributed by atoms with Gasteiger partial charge < -0.3 is 14.2 Å². The summed E-state index contributed by atoms with van der Waals surface area (Å²) in [5.74, 6) is -1.42. The zero-order valence-corrected chi connectivity index (χ0v) is 11.7. The van der Waals surface area contributed by atoms with Gasteiger partial charge in [0.25, 0.3) is 0 Å². The molecule has 0 spiro atoms. The summed E-state index contributed by atoms with van der Waals surface area (Å²) in [5, 5.41) is 9.67. The molecule has 0 aromatic heterocycles. The van der Waals surface area contributed by atoms with Crippen LogP contribution in [0.3, 0.4) is 0 Å². The number of aliphatic hydroxyl groups excluding tert-OH is 1. The molecule has 0 amide bonds. The summed E-state index contributed by atoms with van der Waals surface area (Å²) in [7, 11) is 0. The van der Waals surface area contributed by atoms with Crippen molar-refractivity contribution in [2.24, 2.45) is 0 Å². The van der Waals surface area contributed by atoms with Crippen LogP contribution in [0.5, 0.6) is 0 Å². The number of rotatable bonds is 5. The molecule has 0 rings (SSSR count). The largest absolute Gasteiger partial charge is 0.379 e. The fraction of sp³-hybridized carbons (Fsp3) is 1.00. The standard InChI is InChI=1S/C6H12Cl3O3PS/c1-3-11-13(14,12-4-2)5(10)6(7,8)9/h5,10H,3-4H2,1-2H3. The maximum atomic E-state index is 9.67. The van der Waals surface area contributed by atoms with Crippen LogP contribution in [-0.2, 0) is 20.9 Å². The highest BCUT2D eigenvalue weighted by molar-refractivity contribution is 8.10. The number of halogens is 3. The zero-order valence-electron chi connectivity index (χ0n) is 7.74. The van der Waals surface area contributed by atoms with E-state index in [-0.39, 0.29) is 0 Å². The molecule has 1 N–H and O–H groups in total. The van der Waals surface area contributed by atoms with Gasteiger partial charge >= 0.3 is 0 Å². The Bertz CT molecular complexity index is 211. The Morgan fingerprint density at radius 1 is 1.29 bits per heavy atom. The smallest absolute Gasteiger partial charge is 0.225 e. The lowest BCUT2D eigenvalue weighted by molar-refractivity contribution is 0.185. The van der Waals surface area contributed by atoms with Gasteiger partial charge in [-0.3, -0.25) is 0 Å². The van der Waals surface area contributed by atoms with Gasteiger partial charge in [0.1, 0.15) is 0 Å². The molecule has 3 nitrogen and oxygen atoms in total. The fourth-order valence-electron chi connectivity index (χ4n) is 0.718. The van der Waals surface area contributed by atoms with E-state index in [0.29, 0.717) is 13.2 Å². The van der Waals surface area contributed by atoms with Gasteiger partial charge in [0.15, 0.2) is 5.85 Å². The van der Waals surface area contributed by atoms with Crippen LogP contribution in [0.4, 0.5) is 0 Å². The second-order valence-electron chi connectivity index (χ2n) is 2.29. The minimum atomic E-state index is -2.94. The average Bonchev–Trinajstić information content (AvgIpc) is 2.02. The minimum Gasteiger partial charge on any atom is -0.379 e. The van der Waals surface area contributed by atoms with E-state index in [1.807, 2.05) is 0 Å². The predicted octanol–water partition coefficient (Wildman–Crippen LogP) is 3.06. The molecule has 0 radical (unpaired) electrons. The van der Waals surface area contributed by atoms with Crippen molar-refractivity contribution in [2.45, 2.75) is 23.5 Å². The number of alkyl halides is 3. The Morgan fingerprint density at radius 2 is 1.64 bits per heavy atom. The molecule has 86 valence electrons.